The van der Waals surface area contributed by atoms with Crippen molar-refractivity contribution in [2.24, 2.45) is 0 Å². The highest BCUT2D eigenvalue weighted by Crippen LogP contribution is 2.10. The van der Waals surface area contributed by atoms with Crippen LogP contribution in [0.15, 0.2) is 41.2 Å². The number of hydrogen-bond acceptors (Lipinski definition) is 4. The number of fused-ring (bicyclic) bond motifs is 1. The lowest BCUT2D eigenvalue weighted by Gasteiger charge is -2.02. The van der Waals surface area contributed by atoms with E-state index in [2.05, 4.69) is 25.5 Å². The first kappa shape index (κ1) is 13.0. The molecule has 0 spiro atoms. The maximum absolute atomic E-state index is 11.8. The number of aromatic nitrogens is 4. The fraction of sp³-hybridized carbons (Fsp3) is 0.143. The molecule has 0 aliphatic carbocycles. The predicted octanol–water partition coefficient (Wildman–Crippen LogP) is 0.619. The molecular formula is C14H13N5O2. The zero-order valence-corrected chi connectivity index (χ0v) is 11.1. The average molecular weight is 283 g/mol. The minimum Gasteiger partial charge on any atom is -0.350 e. The second-order valence-electron chi connectivity index (χ2n) is 4.51. The number of aromatic amines is 2. The zero-order chi connectivity index (χ0) is 14.7. The molecule has 1 aromatic carbocycles. The van der Waals surface area contributed by atoms with Crippen molar-refractivity contribution in [2.45, 2.75) is 6.42 Å². The van der Waals surface area contributed by atoms with Gasteiger partial charge in [0.05, 0.1) is 11.0 Å². The molecule has 0 saturated heterocycles. The van der Waals surface area contributed by atoms with Crippen LogP contribution < -0.4 is 10.9 Å². The molecule has 0 unspecified atom stereocenters. The van der Waals surface area contributed by atoms with Crippen LogP contribution in [0.4, 0.5) is 0 Å². The number of amides is 1. The number of hydrogen-bond donors (Lipinski definition) is 3. The van der Waals surface area contributed by atoms with Gasteiger partial charge in [-0.05, 0) is 18.2 Å². The van der Waals surface area contributed by atoms with Crippen LogP contribution in [0, 0.1) is 0 Å². The van der Waals surface area contributed by atoms with Crippen molar-refractivity contribution in [3.05, 3.63) is 58.3 Å². The number of imidazole rings is 1. The van der Waals surface area contributed by atoms with Crippen LogP contribution in [0.3, 0.4) is 0 Å². The third-order valence-electron chi connectivity index (χ3n) is 3.00. The number of carbonyl (C=O) groups is 1. The van der Waals surface area contributed by atoms with Crippen molar-refractivity contribution in [2.75, 3.05) is 6.54 Å². The third kappa shape index (κ3) is 2.97. The highest BCUT2D eigenvalue weighted by molar-refractivity contribution is 5.91. The smallest absolute Gasteiger partial charge is 0.271 e. The maximum atomic E-state index is 11.8. The molecule has 7 nitrogen and oxygen atoms in total. The maximum Gasteiger partial charge on any atom is 0.271 e. The Morgan fingerprint density at radius 1 is 1.19 bits per heavy atom. The van der Waals surface area contributed by atoms with Gasteiger partial charge in [-0.1, -0.05) is 12.1 Å². The summed E-state index contributed by atoms with van der Waals surface area (Å²) < 4.78 is 0. The lowest BCUT2D eigenvalue weighted by molar-refractivity contribution is 0.0948. The molecule has 3 N–H and O–H groups in total. The summed E-state index contributed by atoms with van der Waals surface area (Å²) >= 11 is 0. The standard InChI is InChI=1S/C14H13N5O2/c20-13-6-5-11(18-19-13)14(21)15-8-7-12-16-9-3-1-2-4-10(9)17-12/h1-6H,7-8H2,(H,15,21)(H,16,17)(H,19,20). The van der Waals surface area contributed by atoms with E-state index in [0.717, 1.165) is 16.9 Å². The molecule has 106 valence electrons. The van der Waals surface area contributed by atoms with Gasteiger partial charge in [-0.3, -0.25) is 9.59 Å². The van der Waals surface area contributed by atoms with E-state index in [0.29, 0.717) is 13.0 Å². The number of rotatable bonds is 4. The average Bonchev–Trinajstić information content (AvgIpc) is 2.90. The van der Waals surface area contributed by atoms with Crippen molar-refractivity contribution >= 4 is 16.9 Å². The monoisotopic (exact) mass is 283 g/mol. The summed E-state index contributed by atoms with van der Waals surface area (Å²) in [6.45, 7) is 0.430. The van der Waals surface area contributed by atoms with Gasteiger partial charge >= 0.3 is 0 Å². The highest BCUT2D eigenvalue weighted by Gasteiger charge is 2.07. The molecule has 0 aliphatic rings. The summed E-state index contributed by atoms with van der Waals surface area (Å²) in [6.07, 6.45) is 0.587. The SMILES string of the molecule is O=C(NCCc1nc2ccccc2[nH]1)c1ccc(=O)[nH]n1. The normalized spacial score (nSPS) is 10.7. The molecule has 1 amide bonds. The lowest BCUT2D eigenvalue weighted by Crippen LogP contribution is -2.27. The molecule has 2 aromatic heterocycles. The van der Waals surface area contributed by atoms with Crippen LogP contribution >= 0.6 is 0 Å². The van der Waals surface area contributed by atoms with Gasteiger partial charge < -0.3 is 10.3 Å². The van der Waals surface area contributed by atoms with E-state index in [-0.39, 0.29) is 17.2 Å². The molecule has 3 aromatic rings. The van der Waals surface area contributed by atoms with Crippen molar-refractivity contribution in [1.82, 2.24) is 25.5 Å². The second kappa shape index (κ2) is 5.58. The van der Waals surface area contributed by atoms with Crippen LogP contribution in [0.5, 0.6) is 0 Å². The van der Waals surface area contributed by atoms with Crippen LogP contribution in [-0.4, -0.2) is 32.6 Å². The topological polar surface area (TPSA) is 104 Å². The summed E-state index contributed by atoms with van der Waals surface area (Å²) in [5.41, 5.74) is 1.72. The Labute approximate surface area is 119 Å². The van der Waals surface area contributed by atoms with E-state index in [1.807, 2.05) is 24.3 Å². The van der Waals surface area contributed by atoms with Crippen LogP contribution in [0.1, 0.15) is 16.3 Å². The number of benzene rings is 1. The predicted molar refractivity (Wildman–Crippen MR) is 77.0 cm³/mol. The Balaban J connectivity index is 1.59. The summed E-state index contributed by atoms with van der Waals surface area (Å²) in [5, 5.41) is 8.62. The van der Waals surface area contributed by atoms with Gasteiger partial charge in [0.15, 0.2) is 0 Å². The van der Waals surface area contributed by atoms with Gasteiger partial charge in [-0.25, -0.2) is 10.1 Å². The summed E-state index contributed by atoms with van der Waals surface area (Å²) in [7, 11) is 0. The van der Waals surface area contributed by atoms with Gasteiger partial charge in [0, 0.05) is 19.0 Å². The molecule has 0 bridgehead atoms. The first-order chi connectivity index (χ1) is 10.2. The minimum absolute atomic E-state index is 0.180. The highest BCUT2D eigenvalue weighted by atomic mass is 16.2. The number of H-pyrrole nitrogens is 2. The molecule has 0 aliphatic heterocycles. The lowest BCUT2D eigenvalue weighted by atomic mass is 10.3. The fourth-order valence-corrected chi connectivity index (χ4v) is 1.98. The molecule has 21 heavy (non-hydrogen) atoms. The number of nitrogens with one attached hydrogen (secondary N) is 3. The van der Waals surface area contributed by atoms with Crippen molar-refractivity contribution in [3.8, 4) is 0 Å². The number of para-hydroxylation sites is 2. The van der Waals surface area contributed by atoms with E-state index in [9.17, 15) is 9.59 Å². The third-order valence-corrected chi connectivity index (χ3v) is 3.00. The molecule has 0 saturated carbocycles. The van der Waals surface area contributed by atoms with Gasteiger partial charge in [0.1, 0.15) is 11.5 Å². The fourth-order valence-electron chi connectivity index (χ4n) is 1.98. The number of carbonyl (C=O) groups excluding carboxylic acids is 1. The minimum atomic E-state index is -0.339. The van der Waals surface area contributed by atoms with E-state index in [4.69, 9.17) is 0 Å². The number of nitrogens with zero attached hydrogens (tertiary/aromatic N) is 2. The van der Waals surface area contributed by atoms with E-state index < -0.39 is 0 Å². The summed E-state index contributed by atoms with van der Waals surface area (Å²) in [5.74, 6) is 0.480. The Hall–Kier alpha value is -2.96. The van der Waals surface area contributed by atoms with Crippen LogP contribution in [-0.2, 0) is 6.42 Å². The largest absolute Gasteiger partial charge is 0.350 e. The first-order valence-electron chi connectivity index (χ1n) is 6.50. The van der Waals surface area contributed by atoms with Crippen LogP contribution in [0.25, 0.3) is 11.0 Å². The summed E-state index contributed by atoms with van der Waals surface area (Å²) in [4.78, 5) is 30.3. The zero-order valence-electron chi connectivity index (χ0n) is 11.1. The molecule has 2 heterocycles. The Bertz CT molecular complexity index is 783. The molecule has 0 fully saturated rings. The quantitative estimate of drug-likeness (QED) is 0.653. The molecule has 3 rings (SSSR count). The van der Waals surface area contributed by atoms with Gasteiger partial charge in [0.25, 0.3) is 11.5 Å². The van der Waals surface area contributed by atoms with Gasteiger partial charge in [-0.2, -0.15) is 5.10 Å². The van der Waals surface area contributed by atoms with Crippen LogP contribution in [0.2, 0.25) is 0 Å². The Kier molecular flexibility index (Phi) is 3.46. The molecule has 7 heteroatoms. The Morgan fingerprint density at radius 2 is 2.05 bits per heavy atom. The van der Waals surface area contributed by atoms with Gasteiger partial charge in [-0.15, -0.1) is 0 Å². The van der Waals surface area contributed by atoms with Gasteiger partial charge in [0.2, 0.25) is 0 Å². The summed E-state index contributed by atoms with van der Waals surface area (Å²) in [6, 6.07) is 10.4. The van der Waals surface area contributed by atoms with E-state index in [1.54, 1.807) is 0 Å². The molecular weight excluding hydrogens is 270 g/mol. The van der Waals surface area contributed by atoms with Crippen molar-refractivity contribution in [1.29, 1.82) is 0 Å². The first-order valence-corrected chi connectivity index (χ1v) is 6.50. The molecule has 0 atom stereocenters. The van der Waals surface area contributed by atoms with E-state index in [1.165, 1.54) is 12.1 Å². The Morgan fingerprint density at radius 3 is 2.81 bits per heavy atom. The molecule has 0 radical (unpaired) electrons. The van der Waals surface area contributed by atoms with Crippen molar-refractivity contribution < 1.29 is 4.79 Å². The second-order valence-corrected chi connectivity index (χ2v) is 4.51. The van der Waals surface area contributed by atoms with E-state index >= 15 is 0 Å². The van der Waals surface area contributed by atoms with Crippen molar-refractivity contribution in [3.63, 3.8) is 0 Å².